The number of ether oxygens (including phenoxy) is 1. The minimum Gasteiger partial charge on any atom is -0.465 e. The maximum Gasteiger partial charge on any atom is 0.341 e. The average Bonchev–Trinajstić information content (AvgIpc) is 2.23. The Kier molecular flexibility index (Phi) is 4.54. The number of hydrogen-bond donors (Lipinski definition) is 0. The van der Waals surface area contributed by atoms with Gasteiger partial charge >= 0.3 is 5.97 Å². The molecule has 0 spiro atoms. The van der Waals surface area contributed by atoms with Gasteiger partial charge in [-0.3, -0.25) is 0 Å². The Morgan fingerprint density at radius 3 is 2.80 bits per heavy atom. The number of esters is 1. The van der Waals surface area contributed by atoms with Crippen LogP contribution in [0.1, 0.15) is 15.9 Å². The molecule has 1 rings (SSSR count). The SMILES string of the molecule is COC(=O)c1c(CCBr)ccc(Cl)c1F. The van der Waals surface area contributed by atoms with Crippen LogP contribution in [0.15, 0.2) is 12.1 Å². The molecule has 1 aromatic carbocycles. The lowest BCUT2D eigenvalue weighted by Crippen LogP contribution is -2.09. The molecule has 0 bridgehead atoms. The van der Waals surface area contributed by atoms with Crippen molar-refractivity contribution in [2.75, 3.05) is 12.4 Å². The van der Waals surface area contributed by atoms with Gasteiger partial charge in [-0.25, -0.2) is 9.18 Å². The zero-order chi connectivity index (χ0) is 11.4. The van der Waals surface area contributed by atoms with Gasteiger partial charge in [0.1, 0.15) is 5.56 Å². The molecule has 0 aliphatic rings. The molecular formula is C10H9BrClFO2. The van der Waals surface area contributed by atoms with Crippen molar-refractivity contribution in [2.45, 2.75) is 6.42 Å². The third-order valence-corrected chi connectivity index (χ3v) is 2.62. The fourth-order valence-electron chi connectivity index (χ4n) is 1.22. The number of carbonyl (C=O) groups excluding carboxylic acids is 1. The molecule has 5 heteroatoms. The largest absolute Gasteiger partial charge is 0.465 e. The molecule has 0 radical (unpaired) electrons. The van der Waals surface area contributed by atoms with Crippen molar-refractivity contribution in [1.29, 1.82) is 0 Å². The second-order valence-corrected chi connectivity index (χ2v) is 4.03. The van der Waals surface area contributed by atoms with E-state index in [0.29, 0.717) is 17.3 Å². The van der Waals surface area contributed by atoms with Gasteiger partial charge in [-0.2, -0.15) is 0 Å². The van der Waals surface area contributed by atoms with Gasteiger partial charge < -0.3 is 4.74 Å². The van der Waals surface area contributed by atoms with Crippen LogP contribution in [0.5, 0.6) is 0 Å². The quantitative estimate of drug-likeness (QED) is 0.632. The zero-order valence-corrected chi connectivity index (χ0v) is 10.4. The van der Waals surface area contributed by atoms with Gasteiger partial charge in [-0.1, -0.05) is 33.6 Å². The molecule has 0 N–H and O–H groups in total. The first-order chi connectivity index (χ1) is 7.11. The number of hydrogen-bond acceptors (Lipinski definition) is 2. The molecule has 2 nitrogen and oxygen atoms in total. The first-order valence-corrected chi connectivity index (χ1v) is 5.73. The molecule has 1 aromatic rings. The minimum atomic E-state index is -0.720. The summed E-state index contributed by atoms with van der Waals surface area (Å²) in [7, 11) is 1.21. The van der Waals surface area contributed by atoms with E-state index in [4.69, 9.17) is 11.6 Å². The predicted octanol–water partition coefficient (Wildman–Crippen LogP) is 3.20. The summed E-state index contributed by atoms with van der Waals surface area (Å²) in [6.45, 7) is 0. The van der Waals surface area contributed by atoms with Crippen LogP contribution in [0.3, 0.4) is 0 Å². The number of halogens is 3. The number of methoxy groups -OCH3 is 1. The van der Waals surface area contributed by atoms with Crippen LogP contribution >= 0.6 is 27.5 Å². The van der Waals surface area contributed by atoms with Crippen molar-refractivity contribution in [1.82, 2.24) is 0 Å². The fraction of sp³-hybridized carbons (Fsp3) is 0.300. The summed E-state index contributed by atoms with van der Waals surface area (Å²) in [5, 5.41) is 0.562. The zero-order valence-electron chi connectivity index (χ0n) is 8.02. The van der Waals surface area contributed by atoms with Gasteiger partial charge in [0, 0.05) is 5.33 Å². The molecule has 0 atom stereocenters. The van der Waals surface area contributed by atoms with Crippen LogP contribution < -0.4 is 0 Å². The van der Waals surface area contributed by atoms with E-state index in [1.165, 1.54) is 13.2 Å². The van der Waals surface area contributed by atoms with Gasteiger partial charge in [0.25, 0.3) is 0 Å². The maximum absolute atomic E-state index is 13.6. The minimum absolute atomic E-state index is 0.0753. The van der Waals surface area contributed by atoms with E-state index in [1.807, 2.05) is 0 Å². The number of alkyl halides is 1. The summed E-state index contributed by atoms with van der Waals surface area (Å²) < 4.78 is 18.1. The first kappa shape index (κ1) is 12.5. The lowest BCUT2D eigenvalue weighted by molar-refractivity contribution is 0.0594. The van der Waals surface area contributed by atoms with Crippen LogP contribution in [-0.4, -0.2) is 18.4 Å². The Balaban J connectivity index is 3.28. The Morgan fingerprint density at radius 1 is 1.60 bits per heavy atom. The van der Waals surface area contributed by atoms with Crippen molar-refractivity contribution in [3.05, 3.63) is 34.1 Å². The van der Waals surface area contributed by atoms with Crippen molar-refractivity contribution in [3.8, 4) is 0 Å². The van der Waals surface area contributed by atoms with Gasteiger partial charge in [0.05, 0.1) is 12.1 Å². The lowest BCUT2D eigenvalue weighted by atomic mass is 10.0. The molecule has 82 valence electrons. The average molecular weight is 296 g/mol. The number of rotatable bonds is 3. The second kappa shape index (κ2) is 5.47. The summed E-state index contributed by atoms with van der Waals surface area (Å²) in [6, 6.07) is 3.06. The summed E-state index contributed by atoms with van der Waals surface area (Å²) in [4.78, 5) is 11.3. The van der Waals surface area contributed by atoms with Crippen LogP contribution in [0.25, 0.3) is 0 Å². The summed E-state index contributed by atoms with van der Waals surface area (Å²) >= 11 is 8.82. The highest BCUT2D eigenvalue weighted by Crippen LogP contribution is 2.23. The van der Waals surface area contributed by atoms with Gasteiger partial charge in [-0.15, -0.1) is 0 Å². The Hall–Kier alpha value is -0.610. The molecule has 0 saturated heterocycles. The molecule has 0 aliphatic carbocycles. The molecule has 15 heavy (non-hydrogen) atoms. The van der Waals surface area contributed by atoms with E-state index >= 15 is 0 Å². The highest BCUT2D eigenvalue weighted by molar-refractivity contribution is 9.09. The molecule has 0 heterocycles. The Morgan fingerprint density at radius 2 is 2.27 bits per heavy atom. The van der Waals surface area contributed by atoms with E-state index in [1.54, 1.807) is 6.07 Å². The molecule has 0 unspecified atom stereocenters. The molecular weight excluding hydrogens is 286 g/mol. The third-order valence-electron chi connectivity index (χ3n) is 1.93. The van der Waals surface area contributed by atoms with Gasteiger partial charge in [-0.05, 0) is 18.1 Å². The fourth-order valence-corrected chi connectivity index (χ4v) is 1.81. The summed E-state index contributed by atoms with van der Waals surface area (Å²) in [5.41, 5.74) is 0.505. The van der Waals surface area contributed by atoms with Gasteiger partial charge in [0.2, 0.25) is 0 Å². The molecule has 0 saturated carbocycles. The van der Waals surface area contributed by atoms with E-state index in [9.17, 15) is 9.18 Å². The van der Waals surface area contributed by atoms with Crippen LogP contribution in [0.2, 0.25) is 5.02 Å². The van der Waals surface area contributed by atoms with E-state index < -0.39 is 11.8 Å². The standard InChI is InChI=1S/C10H9BrClFO2/c1-15-10(14)8-6(4-5-11)2-3-7(12)9(8)13/h2-3H,4-5H2,1H3. The van der Waals surface area contributed by atoms with Crippen molar-refractivity contribution in [2.24, 2.45) is 0 Å². The second-order valence-electron chi connectivity index (χ2n) is 2.83. The first-order valence-electron chi connectivity index (χ1n) is 4.23. The summed E-state index contributed by atoms with van der Waals surface area (Å²) in [6.07, 6.45) is 0.540. The monoisotopic (exact) mass is 294 g/mol. The van der Waals surface area contributed by atoms with Crippen LogP contribution in [0.4, 0.5) is 4.39 Å². The van der Waals surface area contributed by atoms with E-state index in [-0.39, 0.29) is 10.6 Å². The van der Waals surface area contributed by atoms with E-state index in [2.05, 4.69) is 20.7 Å². The molecule has 0 fully saturated rings. The Bertz CT molecular complexity index is 382. The topological polar surface area (TPSA) is 26.3 Å². The molecule has 0 amide bonds. The smallest absolute Gasteiger partial charge is 0.341 e. The number of aryl methyl sites for hydroxylation is 1. The van der Waals surface area contributed by atoms with Crippen LogP contribution in [-0.2, 0) is 11.2 Å². The summed E-state index contributed by atoms with van der Waals surface area (Å²) in [5.74, 6) is -1.42. The normalized spacial score (nSPS) is 10.1. The molecule has 0 aliphatic heterocycles. The highest BCUT2D eigenvalue weighted by Gasteiger charge is 2.19. The highest BCUT2D eigenvalue weighted by atomic mass is 79.9. The van der Waals surface area contributed by atoms with E-state index in [0.717, 1.165) is 0 Å². The number of carbonyl (C=O) groups is 1. The van der Waals surface area contributed by atoms with Crippen molar-refractivity contribution < 1.29 is 13.9 Å². The predicted molar refractivity (Wildman–Crippen MR) is 60.2 cm³/mol. The van der Waals surface area contributed by atoms with Crippen molar-refractivity contribution >= 4 is 33.5 Å². The maximum atomic E-state index is 13.6. The van der Waals surface area contributed by atoms with Crippen LogP contribution in [0, 0.1) is 5.82 Å². The third kappa shape index (κ3) is 2.69. The van der Waals surface area contributed by atoms with Gasteiger partial charge in [0.15, 0.2) is 5.82 Å². The molecule has 0 aromatic heterocycles. The number of benzene rings is 1. The van der Waals surface area contributed by atoms with Crippen molar-refractivity contribution in [3.63, 3.8) is 0 Å². The Labute approximate surface area is 101 Å². The lowest BCUT2D eigenvalue weighted by Gasteiger charge is -2.08.